The van der Waals surface area contributed by atoms with Gasteiger partial charge in [-0.25, -0.2) is 9.48 Å². The van der Waals surface area contributed by atoms with Gasteiger partial charge in [0.05, 0.1) is 11.1 Å². The maximum atomic E-state index is 13.0. The van der Waals surface area contributed by atoms with Crippen molar-refractivity contribution in [1.29, 1.82) is 0 Å². The third kappa shape index (κ3) is 3.08. The zero-order valence-corrected chi connectivity index (χ0v) is 16.0. The van der Waals surface area contributed by atoms with Gasteiger partial charge in [-0.3, -0.25) is 14.2 Å². The van der Waals surface area contributed by atoms with Crippen LogP contribution < -0.4 is 11.0 Å². The van der Waals surface area contributed by atoms with Gasteiger partial charge < -0.3 is 5.32 Å². The van der Waals surface area contributed by atoms with Crippen molar-refractivity contribution in [2.45, 2.75) is 32.2 Å². The molecule has 7 heteroatoms. The number of fused-ring (bicyclic) bond motifs is 3. The molecular formula is C22H21N5O2. The average Bonchev–Trinajstić information content (AvgIpc) is 3.33. The van der Waals surface area contributed by atoms with E-state index in [1.54, 1.807) is 18.3 Å². The molecular weight excluding hydrogens is 366 g/mol. The van der Waals surface area contributed by atoms with Gasteiger partial charge in [0.1, 0.15) is 0 Å². The SMILES string of the molecule is O=C(NCCCn1nc2ccccn2c1=O)c1c2c(nc3ccccc13)CCC2. The van der Waals surface area contributed by atoms with Crippen molar-refractivity contribution in [1.82, 2.24) is 24.5 Å². The summed E-state index contributed by atoms with van der Waals surface area (Å²) in [4.78, 5) is 30.1. The van der Waals surface area contributed by atoms with E-state index in [0.717, 1.165) is 47.0 Å². The molecule has 29 heavy (non-hydrogen) atoms. The zero-order chi connectivity index (χ0) is 19.8. The van der Waals surface area contributed by atoms with Crippen LogP contribution in [0.3, 0.4) is 0 Å². The van der Waals surface area contributed by atoms with Gasteiger partial charge in [-0.05, 0) is 49.4 Å². The number of hydrogen-bond donors (Lipinski definition) is 1. The topological polar surface area (TPSA) is 81.3 Å². The second-order valence-electron chi connectivity index (χ2n) is 7.33. The summed E-state index contributed by atoms with van der Waals surface area (Å²) in [5.74, 6) is -0.0656. The number of nitrogens with one attached hydrogen (secondary N) is 1. The van der Waals surface area contributed by atoms with Crippen LogP contribution in [0.4, 0.5) is 0 Å². The van der Waals surface area contributed by atoms with Crippen molar-refractivity contribution < 1.29 is 4.79 Å². The van der Waals surface area contributed by atoms with E-state index in [9.17, 15) is 9.59 Å². The van der Waals surface area contributed by atoms with E-state index in [1.807, 2.05) is 30.3 Å². The number of para-hydroxylation sites is 1. The van der Waals surface area contributed by atoms with Crippen LogP contribution in [0.15, 0.2) is 53.5 Å². The lowest BCUT2D eigenvalue weighted by atomic mass is 10.0. The normalized spacial score (nSPS) is 13.1. The van der Waals surface area contributed by atoms with Gasteiger partial charge in [0, 0.05) is 30.4 Å². The highest BCUT2D eigenvalue weighted by molar-refractivity contribution is 6.07. The minimum absolute atomic E-state index is 0.0656. The number of hydrogen-bond acceptors (Lipinski definition) is 4. The Labute approximate surface area is 167 Å². The lowest BCUT2D eigenvalue weighted by molar-refractivity contribution is 0.0953. The molecule has 0 unspecified atom stereocenters. The van der Waals surface area contributed by atoms with Gasteiger partial charge in [0.15, 0.2) is 5.65 Å². The van der Waals surface area contributed by atoms with Crippen LogP contribution in [-0.4, -0.2) is 31.6 Å². The lowest BCUT2D eigenvalue weighted by Crippen LogP contribution is -2.28. The number of pyridine rings is 2. The Balaban J connectivity index is 1.31. The monoisotopic (exact) mass is 387 g/mol. The minimum Gasteiger partial charge on any atom is -0.352 e. The summed E-state index contributed by atoms with van der Waals surface area (Å²) in [6, 6.07) is 13.3. The van der Waals surface area contributed by atoms with Crippen molar-refractivity contribution in [3.63, 3.8) is 0 Å². The van der Waals surface area contributed by atoms with E-state index in [0.29, 0.717) is 25.2 Å². The first-order valence-electron chi connectivity index (χ1n) is 9.95. The molecule has 0 atom stereocenters. The summed E-state index contributed by atoms with van der Waals surface area (Å²) in [5.41, 5.74) is 4.22. The minimum atomic E-state index is -0.162. The second-order valence-corrected chi connectivity index (χ2v) is 7.33. The Morgan fingerprint density at radius 3 is 2.86 bits per heavy atom. The summed E-state index contributed by atoms with van der Waals surface area (Å²) in [5, 5.41) is 8.25. The van der Waals surface area contributed by atoms with E-state index in [1.165, 1.54) is 9.08 Å². The molecule has 1 amide bonds. The molecule has 1 aromatic carbocycles. The Kier molecular flexibility index (Phi) is 4.35. The smallest absolute Gasteiger partial charge is 0.350 e. The van der Waals surface area contributed by atoms with Crippen LogP contribution >= 0.6 is 0 Å². The number of carbonyl (C=O) groups excluding carboxylic acids is 1. The predicted octanol–water partition coefficient (Wildman–Crippen LogP) is 2.35. The van der Waals surface area contributed by atoms with E-state index in [-0.39, 0.29) is 11.6 Å². The molecule has 7 nitrogen and oxygen atoms in total. The van der Waals surface area contributed by atoms with Gasteiger partial charge in [-0.1, -0.05) is 24.3 Å². The molecule has 0 aliphatic heterocycles. The Morgan fingerprint density at radius 1 is 1.10 bits per heavy atom. The zero-order valence-electron chi connectivity index (χ0n) is 16.0. The molecule has 3 heterocycles. The van der Waals surface area contributed by atoms with Crippen molar-refractivity contribution in [3.8, 4) is 0 Å². The van der Waals surface area contributed by atoms with E-state index >= 15 is 0 Å². The summed E-state index contributed by atoms with van der Waals surface area (Å²) >= 11 is 0. The van der Waals surface area contributed by atoms with Gasteiger partial charge in [-0.2, -0.15) is 0 Å². The molecule has 1 aliphatic carbocycles. The molecule has 0 bridgehead atoms. The molecule has 1 N–H and O–H groups in total. The summed E-state index contributed by atoms with van der Waals surface area (Å²) < 4.78 is 2.96. The largest absolute Gasteiger partial charge is 0.352 e. The average molecular weight is 387 g/mol. The predicted molar refractivity (Wildman–Crippen MR) is 110 cm³/mol. The molecule has 4 aromatic rings. The molecule has 3 aromatic heterocycles. The summed E-state index contributed by atoms with van der Waals surface area (Å²) in [6.07, 6.45) is 5.19. The Bertz CT molecular complexity index is 1290. The Morgan fingerprint density at radius 2 is 1.97 bits per heavy atom. The first-order valence-corrected chi connectivity index (χ1v) is 9.95. The molecule has 0 spiro atoms. The van der Waals surface area contributed by atoms with Crippen LogP contribution in [0.2, 0.25) is 0 Å². The van der Waals surface area contributed by atoms with Gasteiger partial charge in [-0.15, -0.1) is 5.10 Å². The van der Waals surface area contributed by atoms with Gasteiger partial charge in [0.2, 0.25) is 0 Å². The molecule has 0 saturated heterocycles. The fourth-order valence-corrected chi connectivity index (χ4v) is 4.10. The molecule has 5 rings (SSSR count). The van der Waals surface area contributed by atoms with Crippen LogP contribution in [0, 0.1) is 0 Å². The van der Waals surface area contributed by atoms with Gasteiger partial charge >= 0.3 is 5.69 Å². The first kappa shape index (κ1) is 17.6. The molecule has 0 radical (unpaired) electrons. The van der Waals surface area contributed by atoms with Crippen molar-refractivity contribution >= 4 is 22.5 Å². The fraction of sp³-hybridized carbons (Fsp3) is 0.273. The Hall–Kier alpha value is -3.48. The molecule has 1 aliphatic rings. The van der Waals surface area contributed by atoms with Crippen LogP contribution in [0.25, 0.3) is 16.6 Å². The van der Waals surface area contributed by atoms with Crippen molar-refractivity contribution in [3.05, 3.63) is 76.0 Å². The maximum absolute atomic E-state index is 13.0. The number of amides is 1. The van der Waals surface area contributed by atoms with E-state index in [2.05, 4.69) is 10.4 Å². The lowest BCUT2D eigenvalue weighted by Gasteiger charge is -2.12. The fourth-order valence-electron chi connectivity index (χ4n) is 4.10. The highest BCUT2D eigenvalue weighted by Crippen LogP contribution is 2.29. The standard InChI is InChI=1S/C22H21N5O2/c28-21(20-15-7-1-2-9-17(15)24-18-10-5-8-16(18)20)23-12-6-14-27-22(29)26-13-4-3-11-19(26)25-27/h1-4,7,9,11,13H,5-6,8,10,12,14H2,(H,23,28). The van der Waals surface area contributed by atoms with E-state index in [4.69, 9.17) is 4.98 Å². The maximum Gasteiger partial charge on any atom is 0.350 e. The molecule has 0 saturated carbocycles. The number of aryl methyl sites for hydroxylation is 2. The quantitative estimate of drug-likeness (QED) is 0.533. The van der Waals surface area contributed by atoms with Gasteiger partial charge in [0.25, 0.3) is 5.91 Å². The van der Waals surface area contributed by atoms with Crippen molar-refractivity contribution in [2.75, 3.05) is 6.54 Å². The number of benzene rings is 1. The van der Waals surface area contributed by atoms with Crippen LogP contribution in [0.1, 0.15) is 34.5 Å². The van der Waals surface area contributed by atoms with E-state index < -0.39 is 0 Å². The highest BCUT2D eigenvalue weighted by atomic mass is 16.2. The third-order valence-corrected chi connectivity index (χ3v) is 5.47. The summed E-state index contributed by atoms with van der Waals surface area (Å²) in [6.45, 7) is 0.931. The molecule has 146 valence electrons. The second kappa shape index (κ2) is 7.16. The highest BCUT2D eigenvalue weighted by Gasteiger charge is 2.23. The number of aromatic nitrogens is 4. The number of carbonyl (C=O) groups is 1. The molecule has 0 fully saturated rings. The first-order chi connectivity index (χ1) is 14.2. The number of rotatable bonds is 5. The third-order valence-electron chi connectivity index (χ3n) is 5.47. The summed E-state index contributed by atoms with van der Waals surface area (Å²) in [7, 11) is 0. The van der Waals surface area contributed by atoms with Crippen molar-refractivity contribution in [2.24, 2.45) is 0 Å². The van der Waals surface area contributed by atoms with Crippen LogP contribution in [0.5, 0.6) is 0 Å². The number of nitrogens with zero attached hydrogens (tertiary/aromatic N) is 4. The van der Waals surface area contributed by atoms with Crippen LogP contribution in [-0.2, 0) is 19.4 Å².